The first-order chi connectivity index (χ1) is 17.6. The minimum absolute atomic E-state index is 0.178. The molecule has 1 aromatic heterocycles. The number of Topliss-reactive ketones (excluding diaryl/α,β-unsaturated/α-hetero) is 1. The Morgan fingerprint density at radius 2 is 1.73 bits per heavy atom. The highest BCUT2D eigenvalue weighted by atomic mass is 16.6. The van der Waals surface area contributed by atoms with Crippen LogP contribution in [0.3, 0.4) is 0 Å². The molecule has 2 heterocycles. The highest BCUT2D eigenvalue weighted by molar-refractivity contribution is 6.21. The highest BCUT2D eigenvalue weighted by Crippen LogP contribution is 2.50. The summed E-state index contributed by atoms with van der Waals surface area (Å²) in [5.74, 6) is -1.22. The van der Waals surface area contributed by atoms with Gasteiger partial charge in [0.05, 0.1) is 31.1 Å². The Morgan fingerprint density at radius 3 is 2.35 bits per heavy atom. The number of methoxy groups -OCH3 is 1. The predicted molar refractivity (Wildman–Crippen MR) is 132 cm³/mol. The van der Waals surface area contributed by atoms with Gasteiger partial charge in [-0.3, -0.25) is 14.4 Å². The fourth-order valence-corrected chi connectivity index (χ4v) is 5.19. The maximum absolute atomic E-state index is 13.9. The normalized spacial score (nSPS) is 17.2. The standard InChI is InChI=1S/C27H23N3O7/c1-13(31)30-23-16-8-6-7-9-17(16)24(33)21(23)20(22-25(30)28(3)27(35)29(4)26(22)34)15-10-11-18(37-14(2)32)19(12-15)36-5/h6-12,20H,1-5H3/p+2. The molecule has 1 aliphatic carbocycles. The van der Waals surface area contributed by atoms with Gasteiger partial charge in [0.15, 0.2) is 29.9 Å². The number of aliphatic hydroxyl groups excluding tert-OH is 1. The largest absolute Gasteiger partial charge is 0.493 e. The lowest BCUT2D eigenvalue weighted by atomic mass is 9.81. The van der Waals surface area contributed by atoms with E-state index in [1.165, 1.54) is 37.1 Å². The Morgan fingerprint density at radius 1 is 1.05 bits per heavy atom. The van der Waals surface area contributed by atoms with Gasteiger partial charge in [0.1, 0.15) is 0 Å². The molecule has 2 aliphatic rings. The molecule has 0 spiro atoms. The quantitative estimate of drug-likeness (QED) is 0.243. The molecule has 1 unspecified atom stereocenters. The van der Waals surface area contributed by atoms with E-state index in [2.05, 4.69) is 0 Å². The third kappa shape index (κ3) is 3.36. The van der Waals surface area contributed by atoms with Crippen LogP contribution in [-0.4, -0.2) is 44.1 Å². The average molecular weight is 504 g/mol. The number of nitrogens with zero attached hydrogens (tertiary/aromatic N) is 3. The molecule has 0 bridgehead atoms. The van der Waals surface area contributed by atoms with Crippen LogP contribution in [-0.2, 0) is 18.9 Å². The fraction of sp³-hybridized carbons (Fsp3) is 0.222. The molecule has 2 N–H and O–H groups in total. The van der Waals surface area contributed by atoms with Gasteiger partial charge >= 0.3 is 23.7 Å². The summed E-state index contributed by atoms with van der Waals surface area (Å²) in [7, 11) is 4.42. The van der Waals surface area contributed by atoms with Crippen molar-refractivity contribution in [3.05, 3.63) is 80.6 Å². The van der Waals surface area contributed by atoms with Crippen molar-refractivity contribution in [1.29, 1.82) is 0 Å². The number of ketones is 1. The van der Waals surface area contributed by atoms with Crippen molar-refractivity contribution < 1.29 is 38.4 Å². The van der Waals surface area contributed by atoms with Crippen molar-refractivity contribution in [2.24, 2.45) is 14.1 Å². The van der Waals surface area contributed by atoms with E-state index in [1.54, 1.807) is 49.5 Å². The molecule has 0 amide bonds. The van der Waals surface area contributed by atoms with Gasteiger partial charge in [-0.05, 0) is 23.8 Å². The third-order valence-corrected chi connectivity index (χ3v) is 6.73. The van der Waals surface area contributed by atoms with Gasteiger partial charge in [-0.2, -0.15) is 0 Å². The van der Waals surface area contributed by atoms with Crippen molar-refractivity contribution in [2.45, 2.75) is 19.8 Å². The number of aliphatic hydroxyl groups is 1. The molecule has 5 rings (SSSR count). The topological polar surface area (TPSA) is 122 Å². The number of aromatic hydroxyl groups is 1. The molecule has 10 heteroatoms. The molecular weight excluding hydrogens is 478 g/mol. The molecule has 0 saturated carbocycles. The maximum atomic E-state index is 13.9. The van der Waals surface area contributed by atoms with E-state index < -0.39 is 17.4 Å². The third-order valence-electron chi connectivity index (χ3n) is 6.73. The number of hydrogen-bond donors (Lipinski definition) is 2. The number of esters is 1. The second-order valence-electron chi connectivity index (χ2n) is 8.92. The summed E-state index contributed by atoms with van der Waals surface area (Å²) < 4.78 is 14.6. The van der Waals surface area contributed by atoms with Crippen LogP contribution < -0.4 is 19.6 Å². The number of benzene rings is 2. The van der Waals surface area contributed by atoms with E-state index >= 15 is 0 Å². The van der Waals surface area contributed by atoms with E-state index in [0.717, 1.165) is 4.57 Å². The Labute approximate surface area is 211 Å². The number of rotatable bonds is 3. The van der Waals surface area contributed by atoms with Crippen molar-refractivity contribution in [3.8, 4) is 17.5 Å². The first-order valence-corrected chi connectivity index (χ1v) is 11.5. The minimum Gasteiger partial charge on any atom is -0.493 e. The number of carbonyl (C=O) groups is 2. The van der Waals surface area contributed by atoms with Crippen LogP contribution in [0.25, 0.3) is 5.70 Å². The van der Waals surface area contributed by atoms with Gasteiger partial charge in [0.25, 0.3) is 5.56 Å². The van der Waals surface area contributed by atoms with E-state index in [0.29, 0.717) is 28.0 Å². The van der Waals surface area contributed by atoms with Gasteiger partial charge in [-0.25, -0.2) is 4.57 Å². The lowest BCUT2D eigenvalue weighted by Gasteiger charge is -2.23. The smallest absolute Gasteiger partial charge is 0.466 e. The van der Waals surface area contributed by atoms with Crippen molar-refractivity contribution in [3.63, 3.8) is 0 Å². The molecule has 0 radical (unpaired) electrons. The zero-order chi connectivity index (χ0) is 26.8. The van der Waals surface area contributed by atoms with Gasteiger partial charge < -0.3 is 19.7 Å². The maximum Gasteiger partial charge on any atom is 0.466 e. The zero-order valence-electron chi connectivity index (χ0n) is 20.9. The van der Waals surface area contributed by atoms with E-state index in [1.807, 2.05) is 0 Å². The lowest BCUT2D eigenvalue weighted by molar-refractivity contribution is -0.719. The number of aromatic nitrogens is 2. The van der Waals surface area contributed by atoms with Crippen LogP contribution in [0.2, 0.25) is 0 Å². The molecule has 188 valence electrons. The SMILES string of the molecule is COc1cc(C2C3=C(c4ccccc4C3=O)/[N+](=C(\C)O)c3c2c(=O)n(C)c(O)[n+]3C)ccc1OC(C)=O. The van der Waals surface area contributed by atoms with Gasteiger partial charge in [-0.15, -0.1) is 0 Å². The summed E-state index contributed by atoms with van der Waals surface area (Å²) in [5, 5.41) is 21.6. The summed E-state index contributed by atoms with van der Waals surface area (Å²) in [6, 6.07) is 11.5. The molecule has 1 atom stereocenters. The van der Waals surface area contributed by atoms with Crippen LogP contribution in [0.5, 0.6) is 17.5 Å². The summed E-state index contributed by atoms with van der Waals surface area (Å²) >= 11 is 0. The second-order valence-corrected chi connectivity index (χ2v) is 8.92. The monoisotopic (exact) mass is 503 g/mol. The highest BCUT2D eigenvalue weighted by Gasteiger charge is 2.55. The molecule has 37 heavy (non-hydrogen) atoms. The number of fused-ring (bicyclic) bond motifs is 3. The average Bonchev–Trinajstić information content (AvgIpc) is 3.16. The van der Waals surface area contributed by atoms with E-state index in [4.69, 9.17) is 9.47 Å². The van der Waals surface area contributed by atoms with E-state index in [9.17, 15) is 24.6 Å². The Hall–Kier alpha value is -4.73. The summed E-state index contributed by atoms with van der Waals surface area (Å²) in [6.07, 6.45) is 0. The molecule has 2 aromatic carbocycles. The molecule has 3 aromatic rings. The molecule has 1 aliphatic heterocycles. The van der Waals surface area contributed by atoms with Gasteiger partial charge in [-0.1, -0.05) is 33.4 Å². The molecule has 0 fully saturated rings. The number of hydrogen-bond acceptors (Lipinski definition) is 6. The van der Waals surface area contributed by atoms with E-state index in [-0.39, 0.29) is 40.6 Å². The van der Waals surface area contributed by atoms with Crippen LogP contribution in [0.1, 0.15) is 46.8 Å². The van der Waals surface area contributed by atoms with Crippen LogP contribution in [0, 0.1) is 0 Å². The Bertz CT molecular complexity index is 1660. The Balaban J connectivity index is 1.93. The first-order valence-electron chi connectivity index (χ1n) is 11.5. The first kappa shape index (κ1) is 24.0. The fourth-order valence-electron chi connectivity index (χ4n) is 5.19. The van der Waals surface area contributed by atoms with Gasteiger partial charge in [0, 0.05) is 19.5 Å². The zero-order valence-corrected chi connectivity index (χ0v) is 20.9. The van der Waals surface area contributed by atoms with Crippen molar-refractivity contribution in [1.82, 2.24) is 4.57 Å². The van der Waals surface area contributed by atoms with Crippen LogP contribution >= 0.6 is 0 Å². The van der Waals surface area contributed by atoms with Gasteiger partial charge in [0.2, 0.25) is 5.70 Å². The van der Waals surface area contributed by atoms with Crippen molar-refractivity contribution >= 4 is 29.2 Å². The lowest BCUT2D eigenvalue weighted by Crippen LogP contribution is -2.46. The van der Waals surface area contributed by atoms with Crippen LogP contribution in [0.15, 0.2) is 52.8 Å². The summed E-state index contributed by atoms with van der Waals surface area (Å²) in [5.41, 5.74) is 1.91. The summed E-state index contributed by atoms with van der Waals surface area (Å²) in [4.78, 5) is 39.1. The molecular formula is C27H25N3O7+2. The number of carbonyl (C=O) groups excluding carboxylic acids is 2. The second kappa shape index (κ2) is 8.44. The predicted octanol–water partition coefficient (Wildman–Crippen LogP) is 2.22. The number of allylic oxidation sites excluding steroid dienone is 1. The van der Waals surface area contributed by atoms with Crippen molar-refractivity contribution in [2.75, 3.05) is 7.11 Å². The number of ether oxygens (including phenoxy) is 2. The van der Waals surface area contributed by atoms with Crippen LogP contribution in [0.4, 0.5) is 5.82 Å². The summed E-state index contributed by atoms with van der Waals surface area (Å²) in [6.45, 7) is 2.72. The minimum atomic E-state index is -0.883. The molecule has 10 nitrogen and oxygen atoms in total. The Kier molecular flexibility index (Phi) is 5.47. The molecule has 0 saturated heterocycles.